The molecular weight excluding hydrogens is 232 g/mol. The Morgan fingerprint density at radius 2 is 2.15 bits per heavy atom. The van der Waals surface area contributed by atoms with Gasteiger partial charge in [0.1, 0.15) is 0 Å². The Hall–Kier alpha value is -0.610. The monoisotopic (exact) mass is 244 g/mol. The molecule has 0 aliphatic carbocycles. The van der Waals surface area contributed by atoms with Crippen molar-refractivity contribution in [1.29, 1.82) is 0 Å². The van der Waals surface area contributed by atoms with Crippen molar-refractivity contribution in [3.05, 3.63) is 33.2 Å². The Morgan fingerprint density at radius 3 is 2.62 bits per heavy atom. The van der Waals surface area contributed by atoms with Gasteiger partial charge in [0, 0.05) is 18.2 Å². The minimum atomic E-state index is -0.381. The molecule has 0 saturated carbocycles. The number of aromatic nitrogens is 1. The molecule has 1 rings (SSSR count). The molecule has 72 valence electrons. The van der Waals surface area contributed by atoms with Crippen molar-refractivity contribution in [2.24, 2.45) is 5.73 Å². The molecule has 0 bridgehead atoms. The maximum atomic E-state index is 11.4. The Balaban J connectivity index is 3.08. The first-order chi connectivity index (χ1) is 5.90. The molecule has 0 saturated heterocycles. The van der Waals surface area contributed by atoms with Gasteiger partial charge in [-0.2, -0.15) is 0 Å². The second-order valence-electron chi connectivity index (χ2n) is 3.76. The number of rotatable bonds is 2. The predicted octanol–water partition coefficient (Wildman–Crippen LogP) is 1.35. The summed E-state index contributed by atoms with van der Waals surface area (Å²) >= 11 is 3.31. The molecule has 0 aliphatic heterocycles. The van der Waals surface area contributed by atoms with Crippen LogP contribution in [-0.4, -0.2) is 10.1 Å². The van der Waals surface area contributed by atoms with Gasteiger partial charge in [0.15, 0.2) is 0 Å². The minimum absolute atomic E-state index is 0.0344. The molecule has 4 heteroatoms. The molecular formula is C9H13BrN2O. The maximum absolute atomic E-state index is 11.4. The van der Waals surface area contributed by atoms with Gasteiger partial charge in [0.25, 0.3) is 5.56 Å². The molecule has 0 fully saturated rings. The number of pyridine rings is 1. The lowest BCUT2D eigenvalue weighted by Crippen LogP contribution is -2.40. The summed E-state index contributed by atoms with van der Waals surface area (Å²) in [5.74, 6) is 0. The van der Waals surface area contributed by atoms with Crippen molar-refractivity contribution in [2.45, 2.75) is 25.9 Å². The zero-order chi connectivity index (χ0) is 10.1. The topological polar surface area (TPSA) is 48.0 Å². The smallest absolute Gasteiger partial charge is 0.251 e. The number of hydrogen-bond acceptors (Lipinski definition) is 2. The van der Waals surface area contributed by atoms with Crippen molar-refractivity contribution in [3.8, 4) is 0 Å². The van der Waals surface area contributed by atoms with Crippen LogP contribution in [0.1, 0.15) is 13.8 Å². The fourth-order valence-corrected chi connectivity index (χ4v) is 1.51. The maximum Gasteiger partial charge on any atom is 0.251 e. The average molecular weight is 245 g/mol. The molecule has 13 heavy (non-hydrogen) atoms. The second kappa shape index (κ2) is 3.64. The van der Waals surface area contributed by atoms with E-state index in [0.29, 0.717) is 6.54 Å². The molecule has 1 aromatic rings. The average Bonchev–Trinajstić information content (AvgIpc) is 1.95. The fourth-order valence-electron chi connectivity index (χ4n) is 1.06. The SMILES string of the molecule is CC(C)(N)Cn1c(Br)cccc1=O. The number of halogens is 1. The van der Waals surface area contributed by atoms with Crippen LogP contribution in [0.2, 0.25) is 0 Å². The van der Waals surface area contributed by atoms with Crippen molar-refractivity contribution in [1.82, 2.24) is 4.57 Å². The zero-order valence-electron chi connectivity index (χ0n) is 7.75. The lowest BCUT2D eigenvalue weighted by atomic mass is 10.1. The van der Waals surface area contributed by atoms with E-state index in [9.17, 15) is 4.79 Å². The lowest BCUT2D eigenvalue weighted by Gasteiger charge is -2.20. The minimum Gasteiger partial charge on any atom is -0.324 e. The summed E-state index contributed by atoms with van der Waals surface area (Å²) in [5, 5.41) is 0. The Morgan fingerprint density at radius 1 is 1.54 bits per heavy atom. The first-order valence-corrected chi connectivity index (χ1v) is 4.84. The molecule has 0 spiro atoms. The van der Waals surface area contributed by atoms with E-state index < -0.39 is 0 Å². The van der Waals surface area contributed by atoms with E-state index in [0.717, 1.165) is 4.60 Å². The molecule has 0 radical (unpaired) electrons. The number of nitrogens with zero attached hydrogens (tertiary/aromatic N) is 1. The summed E-state index contributed by atoms with van der Waals surface area (Å²) < 4.78 is 2.37. The summed E-state index contributed by atoms with van der Waals surface area (Å²) in [6.07, 6.45) is 0. The van der Waals surface area contributed by atoms with Crippen LogP contribution in [-0.2, 0) is 6.54 Å². The third kappa shape index (κ3) is 2.97. The summed E-state index contributed by atoms with van der Waals surface area (Å²) in [5.41, 5.74) is 5.41. The highest BCUT2D eigenvalue weighted by atomic mass is 79.9. The highest BCUT2D eigenvalue weighted by molar-refractivity contribution is 9.10. The molecule has 1 aromatic heterocycles. The van der Waals surface area contributed by atoms with E-state index >= 15 is 0 Å². The first kappa shape index (κ1) is 10.5. The summed E-state index contributed by atoms with van der Waals surface area (Å²) in [6, 6.07) is 5.07. The Kier molecular flexibility index (Phi) is 2.93. The van der Waals surface area contributed by atoms with E-state index in [1.54, 1.807) is 10.6 Å². The van der Waals surface area contributed by atoms with E-state index in [1.807, 2.05) is 19.9 Å². The van der Waals surface area contributed by atoms with Gasteiger partial charge in [-0.15, -0.1) is 0 Å². The van der Waals surface area contributed by atoms with Crippen LogP contribution < -0.4 is 11.3 Å². The second-order valence-corrected chi connectivity index (χ2v) is 4.57. The predicted molar refractivity (Wildman–Crippen MR) is 56.7 cm³/mol. The van der Waals surface area contributed by atoms with Crippen molar-refractivity contribution < 1.29 is 0 Å². The van der Waals surface area contributed by atoms with Crippen LogP contribution >= 0.6 is 15.9 Å². The summed E-state index contributed by atoms with van der Waals surface area (Å²) in [6.45, 7) is 4.28. The molecule has 0 aliphatic rings. The third-order valence-corrected chi connectivity index (χ3v) is 2.25. The largest absolute Gasteiger partial charge is 0.324 e. The van der Waals surface area contributed by atoms with E-state index in [-0.39, 0.29) is 11.1 Å². The highest BCUT2D eigenvalue weighted by Crippen LogP contribution is 2.09. The third-order valence-electron chi connectivity index (χ3n) is 1.56. The number of nitrogens with two attached hydrogens (primary N) is 1. The first-order valence-electron chi connectivity index (χ1n) is 4.04. The Bertz CT molecular complexity index is 351. The van der Waals surface area contributed by atoms with Crippen LogP contribution in [0.4, 0.5) is 0 Å². The van der Waals surface area contributed by atoms with Crippen molar-refractivity contribution >= 4 is 15.9 Å². The molecule has 0 amide bonds. The normalized spacial score (nSPS) is 11.7. The summed E-state index contributed by atoms with van der Waals surface area (Å²) in [7, 11) is 0. The standard InChI is InChI=1S/C9H13BrN2O/c1-9(2,11)6-12-7(10)4-3-5-8(12)13/h3-5H,6,11H2,1-2H3. The van der Waals surface area contributed by atoms with E-state index in [2.05, 4.69) is 15.9 Å². The molecule has 0 unspecified atom stereocenters. The van der Waals surface area contributed by atoms with Gasteiger partial charge >= 0.3 is 0 Å². The molecule has 2 N–H and O–H groups in total. The molecule has 0 aromatic carbocycles. The van der Waals surface area contributed by atoms with Gasteiger partial charge in [-0.05, 0) is 35.8 Å². The lowest BCUT2D eigenvalue weighted by molar-refractivity contribution is 0.422. The van der Waals surface area contributed by atoms with Crippen molar-refractivity contribution in [2.75, 3.05) is 0 Å². The van der Waals surface area contributed by atoms with Gasteiger partial charge in [-0.1, -0.05) is 6.07 Å². The fraction of sp³-hybridized carbons (Fsp3) is 0.444. The van der Waals surface area contributed by atoms with Gasteiger partial charge in [0.05, 0.1) is 4.60 Å². The van der Waals surface area contributed by atoms with Gasteiger partial charge in [0.2, 0.25) is 0 Å². The van der Waals surface area contributed by atoms with Crippen LogP contribution in [0.5, 0.6) is 0 Å². The van der Waals surface area contributed by atoms with Crippen LogP contribution in [0.15, 0.2) is 27.6 Å². The van der Waals surface area contributed by atoms with Crippen molar-refractivity contribution in [3.63, 3.8) is 0 Å². The molecule has 0 atom stereocenters. The Labute approximate surface area is 85.7 Å². The van der Waals surface area contributed by atoms with Crippen LogP contribution in [0.25, 0.3) is 0 Å². The van der Waals surface area contributed by atoms with Gasteiger partial charge in [-0.25, -0.2) is 0 Å². The molecule has 1 heterocycles. The quantitative estimate of drug-likeness (QED) is 0.799. The van der Waals surface area contributed by atoms with E-state index in [1.165, 1.54) is 6.07 Å². The van der Waals surface area contributed by atoms with Crippen LogP contribution in [0.3, 0.4) is 0 Å². The van der Waals surface area contributed by atoms with E-state index in [4.69, 9.17) is 5.73 Å². The highest BCUT2D eigenvalue weighted by Gasteiger charge is 2.13. The summed E-state index contributed by atoms with van der Waals surface area (Å²) in [4.78, 5) is 11.4. The van der Waals surface area contributed by atoms with Crippen LogP contribution in [0, 0.1) is 0 Å². The molecule has 3 nitrogen and oxygen atoms in total. The van der Waals surface area contributed by atoms with Gasteiger partial charge < -0.3 is 10.3 Å². The zero-order valence-corrected chi connectivity index (χ0v) is 9.34. The van der Waals surface area contributed by atoms with Gasteiger partial charge in [-0.3, -0.25) is 4.79 Å². The number of hydrogen-bond donors (Lipinski definition) is 1.